The van der Waals surface area contributed by atoms with Crippen LogP contribution in [-0.4, -0.2) is 44.7 Å². The van der Waals surface area contributed by atoms with Gasteiger partial charge in [-0.15, -0.1) is 0 Å². The summed E-state index contributed by atoms with van der Waals surface area (Å²) in [5.41, 5.74) is 0.674. The van der Waals surface area contributed by atoms with Crippen LogP contribution in [0, 0.1) is 5.92 Å². The van der Waals surface area contributed by atoms with Gasteiger partial charge in [0.15, 0.2) is 0 Å². The number of hydrogen-bond donors (Lipinski definition) is 2. The van der Waals surface area contributed by atoms with Crippen LogP contribution >= 0.6 is 0 Å². The third-order valence-electron chi connectivity index (χ3n) is 3.06. The van der Waals surface area contributed by atoms with E-state index < -0.39 is 0 Å². The Labute approximate surface area is 105 Å². The molecule has 0 aliphatic carbocycles. The van der Waals surface area contributed by atoms with Crippen molar-refractivity contribution in [2.75, 3.05) is 6.54 Å². The lowest BCUT2D eigenvalue weighted by Crippen LogP contribution is -2.35. The minimum Gasteiger partial charge on any atom is -0.350 e. The molecule has 1 aromatic rings. The van der Waals surface area contributed by atoms with Gasteiger partial charge >= 0.3 is 0 Å². The predicted octanol–water partition coefficient (Wildman–Crippen LogP) is -0.322. The lowest BCUT2D eigenvalue weighted by atomic mass is 10.1. The first kappa shape index (κ1) is 12.5. The zero-order valence-electron chi connectivity index (χ0n) is 10.5. The largest absolute Gasteiger partial charge is 0.350 e. The molecule has 0 saturated carbocycles. The van der Waals surface area contributed by atoms with Crippen LogP contribution in [0.3, 0.4) is 0 Å². The lowest BCUT2D eigenvalue weighted by Gasteiger charge is -2.20. The predicted molar refractivity (Wildman–Crippen MR) is 63.2 cm³/mol. The molecule has 2 heterocycles. The van der Waals surface area contributed by atoms with Gasteiger partial charge in [0.2, 0.25) is 11.8 Å². The Morgan fingerprint density at radius 2 is 2.44 bits per heavy atom. The van der Waals surface area contributed by atoms with E-state index in [1.165, 1.54) is 0 Å². The Bertz CT molecular complexity index is 429. The van der Waals surface area contributed by atoms with Gasteiger partial charge in [0, 0.05) is 19.0 Å². The van der Waals surface area contributed by atoms with Crippen molar-refractivity contribution in [3.8, 4) is 0 Å². The minimum atomic E-state index is -0.258. The maximum Gasteiger partial charge on any atom is 0.225 e. The Balaban J connectivity index is 1.85. The minimum absolute atomic E-state index is 0.0478. The molecule has 2 rings (SSSR count). The van der Waals surface area contributed by atoms with E-state index in [2.05, 4.69) is 20.7 Å². The van der Waals surface area contributed by atoms with E-state index in [1.54, 1.807) is 11.1 Å². The molecule has 2 amide bonds. The first-order valence-corrected chi connectivity index (χ1v) is 5.99. The molecule has 2 N–H and O–H groups in total. The number of carbonyl (C=O) groups is 2. The fourth-order valence-electron chi connectivity index (χ4n) is 2.04. The summed E-state index contributed by atoms with van der Waals surface area (Å²) < 4.78 is 0. The van der Waals surface area contributed by atoms with Crippen LogP contribution in [0.1, 0.15) is 26.0 Å². The summed E-state index contributed by atoms with van der Waals surface area (Å²) in [5.74, 6) is -0.312. The average Bonchev–Trinajstić information content (AvgIpc) is 2.94. The second-order valence-electron chi connectivity index (χ2n) is 4.72. The molecule has 1 saturated heterocycles. The van der Waals surface area contributed by atoms with Gasteiger partial charge in [0.25, 0.3) is 0 Å². The number of nitrogens with one attached hydrogen (secondary N) is 2. The number of hydrogen-bond acceptors (Lipinski definition) is 4. The molecule has 1 aliphatic rings. The summed E-state index contributed by atoms with van der Waals surface area (Å²) in [5, 5.41) is 12.7. The topological polar surface area (TPSA) is 91.0 Å². The molecule has 7 heteroatoms. The number of H-pyrrole nitrogens is 1. The second-order valence-corrected chi connectivity index (χ2v) is 4.72. The van der Waals surface area contributed by atoms with Crippen molar-refractivity contribution in [1.29, 1.82) is 0 Å². The zero-order valence-corrected chi connectivity index (χ0v) is 10.5. The number of nitrogens with zero attached hydrogens (tertiary/aromatic N) is 3. The highest BCUT2D eigenvalue weighted by Gasteiger charge is 2.35. The first-order chi connectivity index (χ1) is 8.58. The molecule has 0 bridgehead atoms. The van der Waals surface area contributed by atoms with Gasteiger partial charge < -0.3 is 10.2 Å². The van der Waals surface area contributed by atoms with Crippen LogP contribution in [0.4, 0.5) is 0 Å². The van der Waals surface area contributed by atoms with Crippen LogP contribution in [0.15, 0.2) is 6.20 Å². The lowest BCUT2D eigenvalue weighted by molar-refractivity contribution is -0.130. The number of aromatic amines is 1. The molecule has 98 valence electrons. The summed E-state index contributed by atoms with van der Waals surface area (Å²) in [6, 6.07) is 0.144. The fourth-order valence-corrected chi connectivity index (χ4v) is 2.04. The van der Waals surface area contributed by atoms with Crippen molar-refractivity contribution < 1.29 is 9.59 Å². The molecule has 0 spiro atoms. The molecule has 7 nitrogen and oxygen atoms in total. The molecule has 1 aromatic heterocycles. The summed E-state index contributed by atoms with van der Waals surface area (Å²) >= 11 is 0. The van der Waals surface area contributed by atoms with E-state index in [0.717, 1.165) is 0 Å². The normalized spacial score (nSPS) is 19.6. The molecule has 1 aliphatic heterocycles. The smallest absolute Gasteiger partial charge is 0.225 e. The first-order valence-electron chi connectivity index (χ1n) is 5.99. The van der Waals surface area contributed by atoms with E-state index in [1.807, 2.05) is 13.8 Å². The van der Waals surface area contributed by atoms with Gasteiger partial charge in [-0.1, -0.05) is 0 Å². The highest BCUT2D eigenvalue weighted by molar-refractivity contribution is 5.89. The quantitative estimate of drug-likeness (QED) is 0.767. The molecule has 1 atom stereocenters. The summed E-state index contributed by atoms with van der Waals surface area (Å²) in [4.78, 5) is 25.3. The molecular weight excluding hydrogens is 234 g/mol. The zero-order chi connectivity index (χ0) is 13.1. The highest BCUT2D eigenvalue weighted by Crippen LogP contribution is 2.20. The molecule has 0 unspecified atom stereocenters. The number of rotatable bonds is 4. The Morgan fingerprint density at radius 1 is 1.67 bits per heavy atom. The molecule has 1 fully saturated rings. The summed E-state index contributed by atoms with van der Waals surface area (Å²) in [6.07, 6.45) is 1.85. The van der Waals surface area contributed by atoms with E-state index >= 15 is 0 Å². The van der Waals surface area contributed by atoms with Crippen LogP contribution < -0.4 is 5.32 Å². The van der Waals surface area contributed by atoms with Crippen LogP contribution in [-0.2, 0) is 16.1 Å². The van der Waals surface area contributed by atoms with E-state index in [0.29, 0.717) is 25.2 Å². The number of carbonyl (C=O) groups excluding carboxylic acids is 2. The monoisotopic (exact) mass is 251 g/mol. The standard InChI is InChI=1S/C11H17N5O2/c1-7(2)16-6-8(3-10(16)17)11(18)12-4-9-5-13-15-14-9/h5,7-8H,3-4,6H2,1-2H3,(H,12,18)(H,13,14,15)/t8-/m1/s1. The van der Waals surface area contributed by atoms with E-state index in [-0.39, 0.29) is 23.8 Å². The summed E-state index contributed by atoms with van der Waals surface area (Å²) in [6.45, 7) is 4.74. The molecule has 0 radical (unpaired) electrons. The van der Waals surface area contributed by atoms with E-state index in [9.17, 15) is 9.59 Å². The van der Waals surface area contributed by atoms with Crippen molar-refractivity contribution in [2.24, 2.45) is 5.92 Å². The van der Waals surface area contributed by atoms with Crippen LogP contribution in [0.25, 0.3) is 0 Å². The third-order valence-corrected chi connectivity index (χ3v) is 3.06. The van der Waals surface area contributed by atoms with Gasteiger partial charge in [0.1, 0.15) is 5.69 Å². The fraction of sp³-hybridized carbons (Fsp3) is 0.636. The van der Waals surface area contributed by atoms with Gasteiger partial charge in [0.05, 0.1) is 18.7 Å². The van der Waals surface area contributed by atoms with E-state index in [4.69, 9.17) is 0 Å². The molecular formula is C11H17N5O2. The van der Waals surface area contributed by atoms with Gasteiger partial charge in [-0.25, -0.2) is 0 Å². The van der Waals surface area contributed by atoms with Gasteiger partial charge in [-0.2, -0.15) is 15.4 Å². The maximum absolute atomic E-state index is 11.9. The van der Waals surface area contributed by atoms with Crippen molar-refractivity contribution in [2.45, 2.75) is 32.9 Å². The number of aromatic nitrogens is 3. The van der Waals surface area contributed by atoms with Gasteiger partial charge in [-0.3, -0.25) is 9.59 Å². The van der Waals surface area contributed by atoms with Crippen molar-refractivity contribution >= 4 is 11.8 Å². The van der Waals surface area contributed by atoms with Crippen molar-refractivity contribution in [1.82, 2.24) is 25.6 Å². The van der Waals surface area contributed by atoms with Crippen molar-refractivity contribution in [3.63, 3.8) is 0 Å². The molecule has 18 heavy (non-hydrogen) atoms. The van der Waals surface area contributed by atoms with Crippen molar-refractivity contribution in [3.05, 3.63) is 11.9 Å². The van der Waals surface area contributed by atoms with Gasteiger partial charge in [-0.05, 0) is 13.8 Å². The highest BCUT2D eigenvalue weighted by atomic mass is 16.2. The Morgan fingerprint density at radius 3 is 3.00 bits per heavy atom. The maximum atomic E-state index is 11.9. The Hall–Kier alpha value is -1.92. The Kier molecular flexibility index (Phi) is 3.59. The van der Waals surface area contributed by atoms with Crippen LogP contribution in [0.5, 0.6) is 0 Å². The number of amides is 2. The third kappa shape index (κ3) is 2.66. The second kappa shape index (κ2) is 5.16. The van der Waals surface area contributed by atoms with Crippen LogP contribution in [0.2, 0.25) is 0 Å². The average molecular weight is 251 g/mol. The SMILES string of the molecule is CC(C)N1C[C@H](C(=O)NCc2cn[nH]n2)CC1=O. The summed E-state index contributed by atoms with van der Waals surface area (Å²) in [7, 11) is 0. The molecule has 0 aromatic carbocycles. The number of likely N-dealkylation sites (tertiary alicyclic amines) is 1.